The number of nitrogens with zero attached hydrogens (tertiary/aromatic N) is 2. The topological polar surface area (TPSA) is 63.0 Å². The Labute approximate surface area is 102 Å². The zero-order chi connectivity index (χ0) is 13.0. The van der Waals surface area contributed by atoms with Gasteiger partial charge in [-0.1, -0.05) is 6.07 Å². The number of nitriles is 1. The second kappa shape index (κ2) is 5.06. The molecule has 1 aromatic heterocycles. The molecule has 5 heteroatoms. The molecule has 0 unspecified atom stereocenters. The number of carbonyl (C=O) groups is 1. The molecule has 1 aromatic carbocycles. The molecule has 18 heavy (non-hydrogen) atoms. The fourth-order valence-electron chi connectivity index (χ4n) is 1.34. The molecule has 0 N–H and O–H groups in total. The van der Waals surface area contributed by atoms with Crippen LogP contribution in [0.15, 0.2) is 36.5 Å². The highest BCUT2D eigenvalue weighted by Crippen LogP contribution is 2.23. The van der Waals surface area contributed by atoms with E-state index in [2.05, 4.69) is 4.98 Å². The van der Waals surface area contributed by atoms with E-state index in [0.29, 0.717) is 6.29 Å². The standard InChI is InChI=1S/C13H7FN2O2/c14-11-2-1-3-12(5-11)18-13-10(6-15)4-9(8-17)7-16-13/h1-5,7-8H. The van der Waals surface area contributed by atoms with Crippen molar-refractivity contribution in [1.82, 2.24) is 4.98 Å². The van der Waals surface area contributed by atoms with Gasteiger partial charge in [-0.2, -0.15) is 5.26 Å². The van der Waals surface area contributed by atoms with Gasteiger partial charge in [-0.15, -0.1) is 0 Å². The van der Waals surface area contributed by atoms with Crippen LogP contribution < -0.4 is 4.74 Å². The molecule has 0 saturated heterocycles. The maximum atomic E-state index is 13.0. The summed E-state index contributed by atoms with van der Waals surface area (Å²) in [6.45, 7) is 0. The molecule has 0 aliphatic carbocycles. The maximum absolute atomic E-state index is 13.0. The highest BCUT2D eigenvalue weighted by molar-refractivity contribution is 5.75. The fraction of sp³-hybridized carbons (Fsp3) is 0. The second-order valence-corrected chi connectivity index (χ2v) is 3.41. The molecule has 0 aliphatic rings. The number of pyridine rings is 1. The van der Waals surface area contributed by atoms with Crippen molar-refractivity contribution >= 4 is 6.29 Å². The summed E-state index contributed by atoms with van der Waals surface area (Å²) in [7, 11) is 0. The Morgan fingerprint density at radius 1 is 1.39 bits per heavy atom. The molecular weight excluding hydrogens is 235 g/mol. The van der Waals surface area contributed by atoms with Crippen LogP contribution in [-0.2, 0) is 0 Å². The molecule has 0 bridgehead atoms. The van der Waals surface area contributed by atoms with Gasteiger partial charge in [0.2, 0.25) is 5.88 Å². The number of hydrogen-bond donors (Lipinski definition) is 0. The van der Waals surface area contributed by atoms with Gasteiger partial charge in [0.05, 0.1) is 0 Å². The summed E-state index contributed by atoms with van der Waals surface area (Å²) in [5.74, 6) is -0.179. The van der Waals surface area contributed by atoms with Crippen LogP contribution in [0.3, 0.4) is 0 Å². The quantitative estimate of drug-likeness (QED) is 0.776. The number of aromatic nitrogens is 1. The van der Waals surface area contributed by atoms with Crippen molar-refractivity contribution in [3.05, 3.63) is 53.5 Å². The Hall–Kier alpha value is -2.74. The molecule has 88 valence electrons. The van der Waals surface area contributed by atoms with Crippen molar-refractivity contribution in [2.75, 3.05) is 0 Å². The summed E-state index contributed by atoms with van der Waals surface area (Å²) in [5.41, 5.74) is 0.391. The summed E-state index contributed by atoms with van der Waals surface area (Å²) in [6, 6.07) is 8.70. The summed E-state index contributed by atoms with van der Waals surface area (Å²) >= 11 is 0. The molecule has 2 aromatic rings. The third-order valence-corrected chi connectivity index (χ3v) is 2.14. The van der Waals surface area contributed by atoms with Crippen LogP contribution in [0.5, 0.6) is 11.6 Å². The lowest BCUT2D eigenvalue weighted by molar-refractivity contribution is 0.112. The van der Waals surface area contributed by atoms with Crippen LogP contribution in [0.1, 0.15) is 15.9 Å². The van der Waals surface area contributed by atoms with Gasteiger partial charge in [0.15, 0.2) is 6.29 Å². The Balaban J connectivity index is 2.35. The lowest BCUT2D eigenvalue weighted by Gasteiger charge is -2.06. The van der Waals surface area contributed by atoms with Crippen molar-refractivity contribution < 1.29 is 13.9 Å². The zero-order valence-corrected chi connectivity index (χ0v) is 9.13. The van der Waals surface area contributed by atoms with Gasteiger partial charge >= 0.3 is 0 Å². The molecular formula is C13H7FN2O2. The summed E-state index contributed by atoms with van der Waals surface area (Å²) < 4.78 is 18.3. The minimum atomic E-state index is -0.449. The van der Waals surface area contributed by atoms with Crippen molar-refractivity contribution in [3.8, 4) is 17.7 Å². The van der Waals surface area contributed by atoms with E-state index < -0.39 is 5.82 Å². The summed E-state index contributed by atoms with van der Waals surface area (Å²) in [5, 5.41) is 8.91. The number of ether oxygens (including phenoxy) is 1. The van der Waals surface area contributed by atoms with Crippen molar-refractivity contribution in [3.63, 3.8) is 0 Å². The number of rotatable bonds is 3. The lowest BCUT2D eigenvalue weighted by Crippen LogP contribution is -1.94. The molecule has 0 atom stereocenters. The minimum absolute atomic E-state index is 0.0358. The van der Waals surface area contributed by atoms with Gasteiger partial charge in [-0.25, -0.2) is 9.37 Å². The molecule has 0 fully saturated rings. The largest absolute Gasteiger partial charge is 0.438 e. The van der Waals surface area contributed by atoms with Crippen molar-refractivity contribution in [2.24, 2.45) is 0 Å². The first-order valence-corrected chi connectivity index (χ1v) is 5.01. The van der Waals surface area contributed by atoms with Crippen LogP contribution >= 0.6 is 0 Å². The number of benzene rings is 1. The Morgan fingerprint density at radius 2 is 2.22 bits per heavy atom. The Morgan fingerprint density at radius 3 is 2.89 bits per heavy atom. The van der Waals surface area contributed by atoms with E-state index in [0.717, 1.165) is 0 Å². The van der Waals surface area contributed by atoms with Gasteiger partial charge in [-0.3, -0.25) is 4.79 Å². The first-order chi connectivity index (χ1) is 8.72. The molecule has 4 nitrogen and oxygen atoms in total. The minimum Gasteiger partial charge on any atom is -0.438 e. The normalized spacial score (nSPS) is 9.56. The van der Waals surface area contributed by atoms with Gasteiger partial charge in [0, 0.05) is 17.8 Å². The Kier molecular flexibility index (Phi) is 3.30. The zero-order valence-electron chi connectivity index (χ0n) is 9.13. The van der Waals surface area contributed by atoms with Gasteiger partial charge in [0.1, 0.15) is 23.2 Å². The van der Waals surface area contributed by atoms with E-state index in [1.807, 2.05) is 6.07 Å². The molecule has 0 amide bonds. The van der Waals surface area contributed by atoms with Crippen molar-refractivity contribution in [2.45, 2.75) is 0 Å². The average Bonchev–Trinajstić information content (AvgIpc) is 2.39. The number of hydrogen-bond acceptors (Lipinski definition) is 4. The van der Waals surface area contributed by atoms with E-state index >= 15 is 0 Å². The number of halogens is 1. The lowest BCUT2D eigenvalue weighted by atomic mass is 10.2. The molecule has 0 radical (unpaired) electrons. The summed E-state index contributed by atoms with van der Waals surface area (Å²) in [4.78, 5) is 14.4. The van der Waals surface area contributed by atoms with Crippen LogP contribution in [0.25, 0.3) is 0 Å². The fourth-order valence-corrected chi connectivity index (χ4v) is 1.34. The van der Waals surface area contributed by atoms with Crippen LogP contribution in [-0.4, -0.2) is 11.3 Å². The predicted octanol–water partition coefficient (Wildman–Crippen LogP) is 2.70. The van der Waals surface area contributed by atoms with Crippen molar-refractivity contribution in [1.29, 1.82) is 5.26 Å². The average molecular weight is 242 g/mol. The van der Waals surface area contributed by atoms with Crippen LogP contribution in [0.2, 0.25) is 0 Å². The number of carbonyl (C=O) groups excluding carboxylic acids is 1. The highest BCUT2D eigenvalue weighted by Gasteiger charge is 2.08. The highest BCUT2D eigenvalue weighted by atomic mass is 19.1. The van der Waals surface area contributed by atoms with E-state index in [-0.39, 0.29) is 22.8 Å². The van der Waals surface area contributed by atoms with Gasteiger partial charge in [-0.05, 0) is 18.2 Å². The van der Waals surface area contributed by atoms with E-state index in [4.69, 9.17) is 10.00 Å². The number of aldehydes is 1. The van der Waals surface area contributed by atoms with E-state index in [1.54, 1.807) is 6.07 Å². The first-order valence-electron chi connectivity index (χ1n) is 5.01. The molecule has 0 spiro atoms. The van der Waals surface area contributed by atoms with Gasteiger partial charge in [0.25, 0.3) is 0 Å². The molecule has 0 aliphatic heterocycles. The van der Waals surface area contributed by atoms with E-state index in [1.165, 1.54) is 30.5 Å². The monoisotopic (exact) mass is 242 g/mol. The Bertz CT molecular complexity index is 635. The molecule has 2 rings (SSSR count). The first kappa shape index (κ1) is 11.7. The maximum Gasteiger partial charge on any atom is 0.237 e. The SMILES string of the molecule is N#Cc1cc(C=O)cnc1Oc1cccc(F)c1. The van der Waals surface area contributed by atoms with Crippen LogP contribution in [0, 0.1) is 17.1 Å². The third kappa shape index (κ3) is 2.50. The van der Waals surface area contributed by atoms with Gasteiger partial charge < -0.3 is 4.74 Å². The summed E-state index contributed by atoms with van der Waals surface area (Å²) in [6.07, 6.45) is 1.86. The van der Waals surface area contributed by atoms with Crippen LogP contribution in [0.4, 0.5) is 4.39 Å². The second-order valence-electron chi connectivity index (χ2n) is 3.41. The smallest absolute Gasteiger partial charge is 0.237 e. The third-order valence-electron chi connectivity index (χ3n) is 2.14. The van der Waals surface area contributed by atoms with E-state index in [9.17, 15) is 9.18 Å². The molecule has 1 heterocycles. The molecule has 0 saturated carbocycles. The predicted molar refractivity (Wildman–Crippen MR) is 60.8 cm³/mol.